The minimum atomic E-state index is -0.375. The molecule has 176 valence electrons. The van der Waals surface area contributed by atoms with Gasteiger partial charge in [-0.3, -0.25) is 14.3 Å². The van der Waals surface area contributed by atoms with Crippen LogP contribution in [0.25, 0.3) is 22.1 Å². The van der Waals surface area contributed by atoms with Crippen LogP contribution in [-0.2, 0) is 7.05 Å². The first-order valence-corrected chi connectivity index (χ1v) is 11.4. The fourth-order valence-corrected chi connectivity index (χ4v) is 5.06. The Labute approximate surface area is 198 Å². The third-order valence-corrected chi connectivity index (χ3v) is 6.73. The molecule has 1 aliphatic rings. The van der Waals surface area contributed by atoms with E-state index in [9.17, 15) is 14.0 Å². The fraction of sp³-hybridized carbons (Fsp3) is 0.240. The van der Waals surface area contributed by atoms with Gasteiger partial charge in [0, 0.05) is 55.6 Å². The number of nitrogens with zero attached hydrogens (tertiary/aromatic N) is 6. The summed E-state index contributed by atoms with van der Waals surface area (Å²) in [7, 11) is 1.72. The van der Waals surface area contributed by atoms with Crippen LogP contribution in [0.3, 0.4) is 0 Å². The molecular formula is C25H22FN7O2. The Morgan fingerprint density at radius 2 is 1.94 bits per heavy atom. The van der Waals surface area contributed by atoms with Crippen LogP contribution in [0.1, 0.15) is 34.9 Å². The summed E-state index contributed by atoms with van der Waals surface area (Å²) >= 11 is 0. The molecule has 0 aliphatic carbocycles. The van der Waals surface area contributed by atoms with Crippen LogP contribution in [-0.4, -0.2) is 47.9 Å². The van der Waals surface area contributed by atoms with E-state index in [4.69, 9.17) is 0 Å². The van der Waals surface area contributed by atoms with Gasteiger partial charge in [-0.05, 0) is 31.0 Å². The SMILES string of the molecule is Cn1cc(C(=O)c2cc(N3CCC(n4c(=O)[nH]c5ncccc54)CC3)ncn2)c2cccc(F)c21. The summed E-state index contributed by atoms with van der Waals surface area (Å²) in [6.07, 6.45) is 6.18. The van der Waals surface area contributed by atoms with E-state index in [1.165, 1.54) is 12.4 Å². The van der Waals surface area contributed by atoms with E-state index in [0.717, 1.165) is 18.4 Å². The zero-order valence-corrected chi connectivity index (χ0v) is 19.0. The molecule has 0 atom stereocenters. The first-order chi connectivity index (χ1) is 17.0. The number of aryl methyl sites for hydroxylation is 1. The molecule has 0 bridgehead atoms. The molecule has 1 aliphatic heterocycles. The monoisotopic (exact) mass is 471 g/mol. The normalized spacial score (nSPS) is 14.7. The van der Waals surface area contributed by atoms with Gasteiger partial charge in [0.1, 0.15) is 23.7 Å². The summed E-state index contributed by atoms with van der Waals surface area (Å²) in [6, 6.07) is 10.2. The molecule has 5 heterocycles. The lowest BCUT2D eigenvalue weighted by Gasteiger charge is -2.33. The number of carbonyl (C=O) groups is 1. The van der Waals surface area contributed by atoms with Gasteiger partial charge >= 0.3 is 5.69 Å². The number of anilines is 1. The molecule has 1 N–H and O–H groups in total. The number of carbonyl (C=O) groups excluding carboxylic acids is 1. The van der Waals surface area contributed by atoms with Crippen molar-refractivity contribution < 1.29 is 9.18 Å². The number of nitrogens with one attached hydrogen (secondary N) is 1. The largest absolute Gasteiger partial charge is 0.356 e. The van der Waals surface area contributed by atoms with E-state index in [1.54, 1.807) is 46.8 Å². The van der Waals surface area contributed by atoms with E-state index < -0.39 is 0 Å². The smallest absolute Gasteiger partial charge is 0.327 e. The second kappa shape index (κ2) is 8.15. The lowest BCUT2D eigenvalue weighted by atomic mass is 10.0. The Kier molecular flexibility index (Phi) is 4.94. The summed E-state index contributed by atoms with van der Waals surface area (Å²) in [4.78, 5) is 43.6. The average Bonchev–Trinajstić information content (AvgIpc) is 3.40. The number of aromatic nitrogens is 6. The maximum Gasteiger partial charge on any atom is 0.327 e. The third-order valence-electron chi connectivity index (χ3n) is 6.73. The number of pyridine rings is 1. The summed E-state index contributed by atoms with van der Waals surface area (Å²) < 4.78 is 17.7. The predicted molar refractivity (Wildman–Crippen MR) is 129 cm³/mol. The predicted octanol–water partition coefficient (Wildman–Crippen LogP) is 3.22. The Morgan fingerprint density at radius 3 is 2.77 bits per heavy atom. The van der Waals surface area contributed by atoms with Gasteiger partial charge in [0.2, 0.25) is 5.78 Å². The number of fused-ring (bicyclic) bond motifs is 2. The molecule has 0 spiro atoms. The van der Waals surface area contributed by atoms with Crippen LogP contribution < -0.4 is 10.6 Å². The highest BCUT2D eigenvalue weighted by Gasteiger charge is 2.26. The summed E-state index contributed by atoms with van der Waals surface area (Å²) in [5.41, 5.74) is 2.28. The number of imidazole rings is 1. The second-order valence-electron chi connectivity index (χ2n) is 8.77. The van der Waals surface area contributed by atoms with E-state index in [1.807, 2.05) is 12.1 Å². The Balaban J connectivity index is 1.24. The number of para-hydroxylation sites is 1. The average molecular weight is 471 g/mol. The zero-order chi connectivity index (χ0) is 24.1. The first kappa shape index (κ1) is 21.2. The molecule has 4 aromatic heterocycles. The van der Waals surface area contributed by atoms with Crippen molar-refractivity contribution in [3.8, 4) is 0 Å². The minimum Gasteiger partial charge on any atom is -0.356 e. The van der Waals surface area contributed by atoms with Crippen molar-refractivity contribution >= 4 is 33.7 Å². The number of hydrogen-bond donors (Lipinski definition) is 1. The van der Waals surface area contributed by atoms with Gasteiger partial charge in [-0.1, -0.05) is 12.1 Å². The van der Waals surface area contributed by atoms with Crippen LogP contribution in [0.5, 0.6) is 0 Å². The number of ketones is 1. The summed E-state index contributed by atoms with van der Waals surface area (Å²) in [5.74, 6) is -0.000811. The molecule has 1 saturated heterocycles. The standard InChI is InChI=1S/C25H22FN7O2/c1-31-13-17(16-4-2-5-18(26)22(16)31)23(34)19-12-21(29-14-28-19)32-10-7-15(8-11-32)33-20-6-3-9-27-24(20)30-25(33)35/h2-6,9,12-15H,7-8,10-11H2,1H3,(H,27,30,35). The van der Waals surface area contributed by atoms with Gasteiger partial charge in [0.05, 0.1) is 11.0 Å². The lowest BCUT2D eigenvalue weighted by Crippen LogP contribution is -2.37. The molecule has 1 fully saturated rings. The highest BCUT2D eigenvalue weighted by Crippen LogP contribution is 2.28. The van der Waals surface area contributed by atoms with Crippen LogP contribution in [0.2, 0.25) is 0 Å². The highest BCUT2D eigenvalue weighted by atomic mass is 19.1. The van der Waals surface area contributed by atoms with E-state index in [-0.39, 0.29) is 29.0 Å². The molecule has 0 amide bonds. The van der Waals surface area contributed by atoms with Crippen molar-refractivity contribution in [2.75, 3.05) is 18.0 Å². The first-order valence-electron chi connectivity index (χ1n) is 11.4. The van der Waals surface area contributed by atoms with Gasteiger partial charge < -0.3 is 9.47 Å². The molecule has 9 nitrogen and oxygen atoms in total. The number of piperidine rings is 1. The molecule has 10 heteroatoms. The number of aromatic amines is 1. The topological polar surface area (TPSA) is 102 Å². The van der Waals surface area contributed by atoms with Crippen molar-refractivity contribution in [3.63, 3.8) is 0 Å². The zero-order valence-electron chi connectivity index (χ0n) is 19.0. The van der Waals surface area contributed by atoms with Gasteiger partial charge in [0.25, 0.3) is 0 Å². The molecule has 5 aromatic rings. The quantitative estimate of drug-likeness (QED) is 0.404. The number of hydrogen-bond acceptors (Lipinski definition) is 6. The number of benzene rings is 1. The molecule has 1 aromatic carbocycles. The van der Waals surface area contributed by atoms with Gasteiger partial charge in [-0.15, -0.1) is 0 Å². The molecule has 0 radical (unpaired) electrons. The Bertz CT molecular complexity index is 1640. The molecular weight excluding hydrogens is 449 g/mol. The summed E-state index contributed by atoms with van der Waals surface area (Å²) in [5, 5.41) is 0.553. The fourth-order valence-electron chi connectivity index (χ4n) is 5.06. The van der Waals surface area contributed by atoms with Gasteiger partial charge in [0.15, 0.2) is 5.65 Å². The third kappa shape index (κ3) is 3.49. The maximum absolute atomic E-state index is 14.3. The second-order valence-corrected chi connectivity index (χ2v) is 8.77. The van der Waals surface area contributed by atoms with Crippen molar-refractivity contribution in [1.82, 2.24) is 29.1 Å². The van der Waals surface area contributed by atoms with E-state index >= 15 is 0 Å². The number of halogens is 1. The minimum absolute atomic E-state index is 0.0465. The molecule has 6 rings (SSSR count). The Morgan fingerprint density at radius 1 is 1.11 bits per heavy atom. The van der Waals surface area contributed by atoms with Crippen LogP contribution in [0.4, 0.5) is 10.2 Å². The van der Waals surface area contributed by atoms with Gasteiger partial charge in [-0.2, -0.15) is 0 Å². The van der Waals surface area contributed by atoms with Crippen molar-refractivity contribution in [3.05, 3.63) is 82.7 Å². The highest BCUT2D eigenvalue weighted by molar-refractivity contribution is 6.15. The Hall–Kier alpha value is -4.34. The van der Waals surface area contributed by atoms with Crippen LogP contribution >= 0.6 is 0 Å². The number of H-pyrrole nitrogens is 1. The molecule has 0 unspecified atom stereocenters. The van der Waals surface area contributed by atoms with Crippen LogP contribution in [0, 0.1) is 5.82 Å². The lowest BCUT2D eigenvalue weighted by molar-refractivity contribution is 0.103. The van der Waals surface area contributed by atoms with Crippen molar-refractivity contribution in [1.29, 1.82) is 0 Å². The van der Waals surface area contributed by atoms with Crippen molar-refractivity contribution in [2.45, 2.75) is 18.9 Å². The molecule has 0 saturated carbocycles. The summed E-state index contributed by atoms with van der Waals surface area (Å²) in [6.45, 7) is 1.35. The van der Waals surface area contributed by atoms with E-state index in [0.29, 0.717) is 41.0 Å². The van der Waals surface area contributed by atoms with Gasteiger partial charge in [-0.25, -0.2) is 24.1 Å². The number of rotatable bonds is 4. The van der Waals surface area contributed by atoms with E-state index in [2.05, 4.69) is 24.8 Å². The van der Waals surface area contributed by atoms with Crippen molar-refractivity contribution in [2.24, 2.45) is 7.05 Å². The molecule has 35 heavy (non-hydrogen) atoms. The van der Waals surface area contributed by atoms with Crippen LogP contribution in [0.15, 0.2) is 59.9 Å². The maximum atomic E-state index is 14.3.